The Morgan fingerprint density at radius 1 is 1.61 bits per heavy atom. The number of aliphatic carboxylic acids is 1. The third-order valence-corrected chi connectivity index (χ3v) is 5.25. The van der Waals surface area contributed by atoms with Crippen molar-refractivity contribution < 1.29 is 14.4 Å². The molecular weight excluding hydrogens is 314 g/mol. The number of nitrogens with zero attached hydrogens (tertiary/aromatic N) is 2. The molecule has 2 aromatic rings. The predicted octanol–water partition coefficient (Wildman–Crippen LogP) is 3.13. The van der Waals surface area contributed by atoms with E-state index < -0.39 is 11.5 Å². The summed E-state index contributed by atoms with van der Waals surface area (Å²) in [7, 11) is 0. The Kier molecular flexibility index (Phi) is 4.25. The Morgan fingerprint density at radius 2 is 2.39 bits per heavy atom. The smallest absolute Gasteiger partial charge is 0.323 e. The predicted molar refractivity (Wildman–Crippen MR) is 86.4 cm³/mol. The minimum atomic E-state index is -0.956. The first-order valence-electron chi connectivity index (χ1n) is 7.76. The maximum absolute atomic E-state index is 12.0. The molecule has 3 heterocycles. The highest BCUT2D eigenvalue weighted by atomic mass is 32.1. The molecule has 1 aliphatic rings. The monoisotopic (exact) mass is 335 g/mol. The zero-order valence-corrected chi connectivity index (χ0v) is 14.3. The molecule has 0 spiro atoms. The average molecular weight is 335 g/mol. The number of rotatable bonds is 5. The molecule has 0 saturated carbocycles. The van der Waals surface area contributed by atoms with Crippen molar-refractivity contribution in [2.45, 2.75) is 51.1 Å². The third-order valence-electron chi connectivity index (χ3n) is 4.29. The van der Waals surface area contributed by atoms with Crippen molar-refractivity contribution in [3.63, 3.8) is 0 Å². The van der Waals surface area contributed by atoms with E-state index in [1.807, 2.05) is 31.4 Å². The number of carbonyl (C=O) groups is 1. The molecule has 1 saturated heterocycles. The van der Waals surface area contributed by atoms with Crippen LogP contribution in [0.2, 0.25) is 0 Å². The molecule has 0 radical (unpaired) electrons. The van der Waals surface area contributed by atoms with Crippen LogP contribution in [0.3, 0.4) is 0 Å². The number of nitrogens with one attached hydrogen (secondary N) is 1. The van der Waals surface area contributed by atoms with Gasteiger partial charge in [0.05, 0.1) is 6.04 Å². The molecule has 3 rings (SSSR count). The van der Waals surface area contributed by atoms with Gasteiger partial charge in [-0.25, -0.2) is 0 Å². The number of aromatic nitrogens is 2. The minimum Gasteiger partial charge on any atom is -0.480 e. The molecule has 7 heteroatoms. The first kappa shape index (κ1) is 16.1. The van der Waals surface area contributed by atoms with E-state index in [0.717, 1.165) is 4.88 Å². The summed E-state index contributed by atoms with van der Waals surface area (Å²) in [6.45, 7) is 5.83. The number of hydrogen-bond donors (Lipinski definition) is 2. The van der Waals surface area contributed by atoms with Gasteiger partial charge < -0.3 is 9.63 Å². The quantitative estimate of drug-likeness (QED) is 0.873. The summed E-state index contributed by atoms with van der Waals surface area (Å²) < 4.78 is 5.12. The van der Waals surface area contributed by atoms with E-state index in [2.05, 4.69) is 15.5 Å². The number of carboxylic acid groups (broad SMARTS) is 1. The van der Waals surface area contributed by atoms with E-state index in [1.165, 1.54) is 0 Å². The van der Waals surface area contributed by atoms with Crippen LogP contribution in [0.4, 0.5) is 0 Å². The zero-order chi connectivity index (χ0) is 16.6. The van der Waals surface area contributed by atoms with Gasteiger partial charge in [-0.15, -0.1) is 11.3 Å². The van der Waals surface area contributed by atoms with Crippen LogP contribution in [0, 0.1) is 12.8 Å². The van der Waals surface area contributed by atoms with E-state index in [-0.39, 0.29) is 17.9 Å². The Morgan fingerprint density at radius 3 is 2.91 bits per heavy atom. The lowest BCUT2D eigenvalue weighted by Crippen LogP contribution is -2.49. The average Bonchev–Trinajstić information content (AvgIpc) is 3.16. The van der Waals surface area contributed by atoms with Crippen LogP contribution in [-0.4, -0.2) is 26.8 Å². The fourth-order valence-corrected chi connectivity index (χ4v) is 4.31. The number of carboxylic acids is 1. The molecule has 124 valence electrons. The number of hydrogen-bond acceptors (Lipinski definition) is 6. The van der Waals surface area contributed by atoms with Gasteiger partial charge in [0.1, 0.15) is 5.54 Å². The van der Waals surface area contributed by atoms with Crippen LogP contribution < -0.4 is 5.32 Å². The molecule has 1 aliphatic heterocycles. The standard InChI is InChI=1S/C16H21N3O3S/c1-9(2)7-16(15(20)21)8-11(14-17-10(3)22-19-14)13(18-16)12-5-4-6-23-12/h4-6,9,11,13,18H,7-8H2,1-3H3,(H,20,21)/t11-,13-,16+/m1/s1. The molecule has 2 aromatic heterocycles. The summed E-state index contributed by atoms with van der Waals surface area (Å²) in [5, 5.41) is 19.3. The molecule has 0 bridgehead atoms. The topological polar surface area (TPSA) is 88.2 Å². The molecule has 1 fully saturated rings. The van der Waals surface area contributed by atoms with Crippen LogP contribution >= 0.6 is 11.3 Å². The Bertz CT molecular complexity index is 683. The van der Waals surface area contributed by atoms with Crippen LogP contribution in [0.5, 0.6) is 0 Å². The normalized spacial score (nSPS) is 27.7. The maximum Gasteiger partial charge on any atom is 0.323 e. The molecule has 0 amide bonds. The van der Waals surface area contributed by atoms with Crippen molar-refractivity contribution in [3.05, 3.63) is 34.1 Å². The minimum absolute atomic E-state index is 0.109. The van der Waals surface area contributed by atoms with Gasteiger partial charge in [-0.3, -0.25) is 10.1 Å². The highest BCUT2D eigenvalue weighted by Crippen LogP contribution is 2.46. The molecule has 23 heavy (non-hydrogen) atoms. The summed E-state index contributed by atoms with van der Waals surface area (Å²) >= 11 is 1.62. The summed E-state index contributed by atoms with van der Waals surface area (Å²) in [6.07, 6.45) is 1.03. The van der Waals surface area contributed by atoms with Crippen molar-refractivity contribution in [1.29, 1.82) is 0 Å². The fraction of sp³-hybridized carbons (Fsp3) is 0.562. The van der Waals surface area contributed by atoms with Gasteiger partial charge in [-0.1, -0.05) is 25.1 Å². The summed E-state index contributed by atoms with van der Waals surface area (Å²) in [4.78, 5) is 17.5. The lowest BCUT2D eigenvalue weighted by Gasteiger charge is -2.27. The Balaban J connectivity index is 2.00. The summed E-state index contributed by atoms with van der Waals surface area (Å²) in [5.74, 6) is 0.437. The maximum atomic E-state index is 12.0. The fourth-order valence-electron chi connectivity index (χ4n) is 3.47. The van der Waals surface area contributed by atoms with Crippen molar-refractivity contribution in [2.75, 3.05) is 0 Å². The number of aryl methyl sites for hydroxylation is 1. The SMILES string of the molecule is Cc1nc([C@@H]2C[C@@](CC(C)C)(C(=O)O)N[C@H]2c2cccs2)no1. The van der Waals surface area contributed by atoms with Gasteiger partial charge in [0.2, 0.25) is 5.89 Å². The highest BCUT2D eigenvalue weighted by Gasteiger charge is 2.52. The summed E-state index contributed by atoms with van der Waals surface area (Å²) in [5.41, 5.74) is -0.956. The molecule has 6 nitrogen and oxygen atoms in total. The second kappa shape index (κ2) is 6.05. The van der Waals surface area contributed by atoms with E-state index in [4.69, 9.17) is 4.52 Å². The largest absolute Gasteiger partial charge is 0.480 e. The second-order valence-electron chi connectivity index (χ2n) is 6.60. The first-order chi connectivity index (χ1) is 10.9. The molecular formula is C16H21N3O3S. The van der Waals surface area contributed by atoms with Crippen LogP contribution in [0.1, 0.15) is 55.2 Å². The lowest BCUT2D eigenvalue weighted by molar-refractivity contribution is -0.145. The van der Waals surface area contributed by atoms with Gasteiger partial charge in [-0.2, -0.15) is 4.98 Å². The van der Waals surface area contributed by atoms with Gasteiger partial charge in [0.15, 0.2) is 5.82 Å². The van der Waals surface area contributed by atoms with Crippen molar-refractivity contribution in [2.24, 2.45) is 5.92 Å². The Labute approximate surface area is 138 Å². The van der Waals surface area contributed by atoms with Gasteiger partial charge in [-0.05, 0) is 30.2 Å². The van der Waals surface area contributed by atoms with Crippen LogP contribution in [0.25, 0.3) is 0 Å². The Hall–Kier alpha value is -1.73. The van der Waals surface area contributed by atoms with E-state index in [9.17, 15) is 9.90 Å². The van der Waals surface area contributed by atoms with Crippen molar-refractivity contribution >= 4 is 17.3 Å². The number of thiophene rings is 1. The van der Waals surface area contributed by atoms with Crippen molar-refractivity contribution in [1.82, 2.24) is 15.5 Å². The highest BCUT2D eigenvalue weighted by molar-refractivity contribution is 7.10. The molecule has 0 aliphatic carbocycles. The first-order valence-corrected chi connectivity index (χ1v) is 8.64. The zero-order valence-electron chi connectivity index (χ0n) is 13.4. The van der Waals surface area contributed by atoms with Crippen LogP contribution in [-0.2, 0) is 4.79 Å². The molecule has 2 N–H and O–H groups in total. The second-order valence-corrected chi connectivity index (χ2v) is 7.58. The third kappa shape index (κ3) is 3.03. The van der Waals surface area contributed by atoms with Gasteiger partial charge in [0, 0.05) is 17.7 Å². The van der Waals surface area contributed by atoms with E-state index in [0.29, 0.717) is 24.6 Å². The van der Waals surface area contributed by atoms with Gasteiger partial charge in [0.25, 0.3) is 0 Å². The molecule has 3 atom stereocenters. The van der Waals surface area contributed by atoms with Crippen molar-refractivity contribution in [3.8, 4) is 0 Å². The van der Waals surface area contributed by atoms with Gasteiger partial charge >= 0.3 is 5.97 Å². The summed E-state index contributed by atoms with van der Waals surface area (Å²) in [6, 6.07) is 3.89. The molecule has 0 aromatic carbocycles. The van der Waals surface area contributed by atoms with E-state index >= 15 is 0 Å². The van der Waals surface area contributed by atoms with Crippen LogP contribution in [0.15, 0.2) is 22.0 Å². The van der Waals surface area contributed by atoms with E-state index in [1.54, 1.807) is 18.3 Å². The lowest BCUT2D eigenvalue weighted by atomic mass is 9.84. The molecule has 0 unspecified atom stereocenters.